The van der Waals surface area contributed by atoms with Crippen molar-refractivity contribution in [1.29, 1.82) is 0 Å². The number of hydrogen-bond acceptors (Lipinski definition) is 3. The zero-order chi connectivity index (χ0) is 14.2. The highest BCUT2D eigenvalue weighted by molar-refractivity contribution is 7.89. The minimum absolute atomic E-state index is 0.0218. The number of Topliss-reactive ketones (excluding diaryl/α,β-unsaturated/α-hetero) is 1. The van der Waals surface area contributed by atoms with Gasteiger partial charge in [0.1, 0.15) is 5.78 Å². The van der Waals surface area contributed by atoms with Gasteiger partial charge in [0.25, 0.3) is 0 Å². The van der Waals surface area contributed by atoms with Gasteiger partial charge in [-0.3, -0.25) is 4.79 Å². The second-order valence-electron chi connectivity index (χ2n) is 6.59. The maximum atomic E-state index is 12.9. The van der Waals surface area contributed by atoms with Gasteiger partial charge in [-0.15, -0.1) is 0 Å². The van der Waals surface area contributed by atoms with Crippen molar-refractivity contribution in [1.82, 2.24) is 4.31 Å². The van der Waals surface area contributed by atoms with E-state index in [9.17, 15) is 13.2 Å². The van der Waals surface area contributed by atoms with Crippen LogP contribution >= 0.6 is 0 Å². The Morgan fingerprint density at radius 2 is 1.60 bits per heavy atom. The first-order valence-electron chi connectivity index (χ1n) is 8.14. The van der Waals surface area contributed by atoms with E-state index in [4.69, 9.17) is 0 Å². The van der Waals surface area contributed by atoms with Crippen LogP contribution in [0.4, 0.5) is 0 Å². The third-order valence-electron chi connectivity index (χ3n) is 5.36. The molecule has 4 nitrogen and oxygen atoms in total. The Bertz CT molecular complexity index is 468. The van der Waals surface area contributed by atoms with Crippen molar-refractivity contribution in [3.05, 3.63) is 0 Å². The fourth-order valence-corrected chi connectivity index (χ4v) is 6.60. The van der Waals surface area contributed by atoms with Crippen LogP contribution < -0.4 is 0 Å². The molecule has 2 saturated carbocycles. The highest BCUT2D eigenvalue weighted by Gasteiger charge is 2.44. The maximum absolute atomic E-state index is 12.9. The molecule has 5 heteroatoms. The fraction of sp³-hybridized carbons (Fsp3) is 0.933. The molecule has 3 aliphatic rings. The van der Waals surface area contributed by atoms with E-state index in [1.54, 1.807) is 4.31 Å². The number of hydrogen-bond donors (Lipinski definition) is 0. The van der Waals surface area contributed by atoms with Crippen LogP contribution in [-0.4, -0.2) is 36.3 Å². The lowest BCUT2D eigenvalue weighted by molar-refractivity contribution is -0.122. The van der Waals surface area contributed by atoms with Crippen molar-refractivity contribution in [3.63, 3.8) is 0 Å². The summed E-state index contributed by atoms with van der Waals surface area (Å²) < 4.78 is 27.5. The molecule has 20 heavy (non-hydrogen) atoms. The van der Waals surface area contributed by atoms with Gasteiger partial charge in [0.2, 0.25) is 10.0 Å². The Morgan fingerprint density at radius 1 is 0.900 bits per heavy atom. The van der Waals surface area contributed by atoms with E-state index in [1.807, 2.05) is 0 Å². The van der Waals surface area contributed by atoms with Crippen LogP contribution in [-0.2, 0) is 14.8 Å². The molecule has 114 valence electrons. The summed E-state index contributed by atoms with van der Waals surface area (Å²) in [5, 5.41) is -0.181. The third kappa shape index (κ3) is 2.54. The molecule has 0 spiro atoms. The van der Waals surface area contributed by atoms with Crippen LogP contribution in [0.25, 0.3) is 0 Å². The molecule has 3 fully saturated rings. The highest BCUT2D eigenvalue weighted by atomic mass is 32.2. The molecule has 0 N–H and O–H groups in total. The smallest absolute Gasteiger partial charge is 0.217 e. The lowest BCUT2D eigenvalue weighted by Gasteiger charge is -2.39. The standard InChI is InChI=1S/C15H25NO3S/c17-15-10-5-8-13(15)14-9-3-4-11-16(14)20(18,19)12-6-1-2-7-12/h12-14H,1-11H2. The van der Waals surface area contributed by atoms with Crippen LogP contribution in [0.5, 0.6) is 0 Å². The first kappa shape index (κ1) is 14.5. The topological polar surface area (TPSA) is 54.5 Å². The van der Waals surface area contributed by atoms with E-state index in [2.05, 4.69) is 0 Å². The second-order valence-corrected chi connectivity index (χ2v) is 8.76. The minimum Gasteiger partial charge on any atom is -0.299 e. The van der Waals surface area contributed by atoms with Gasteiger partial charge in [-0.2, -0.15) is 4.31 Å². The van der Waals surface area contributed by atoms with Gasteiger partial charge in [-0.05, 0) is 38.5 Å². The largest absolute Gasteiger partial charge is 0.299 e. The average Bonchev–Trinajstić information content (AvgIpc) is 3.10. The van der Waals surface area contributed by atoms with Gasteiger partial charge in [0.05, 0.1) is 5.25 Å². The molecule has 0 aromatic carbocycles. The summed E-state index contributed by atoms with van der Waals surface area (Å²) in [6.45, 7) is 0.632. The summed E-state index contributed by atoms with van der Waals surface area (Å²) in [6, 6.07) is -0.0376. The van der Waals surface area contributed by atoms with E-state index in [0.29, 0.717) is 18.7 Å². The number of ketones is 1. The second kappa shape index (κ2) is 5.76. The molecule has 2 unspecified atom stereocenters. The van der Waals surface area contributed by atoms with Gasteiger partial charge in [0, 0.05) is 24.9 Å². The number of carbonyl (C=O) groups excluding carboxylic acids is 1. The molecule has 1 heterocycles. The van der Waals surface area contributed by atoms with Gasteiger partial charge >= 0.3 is 0 Å². The van der Waals surface area contributed by atoms with Gasteiger partial charge in [-0.25, -0.2) is 8.42 Å². The quantitative estimate of drug-likeness (QED) is 0.804. The van der Waals surface area contributed by atoms with E-state index in [-0.39, 0.29) is 17.2 Å². The Kier molecular flexibility index (Phi) is 4.18. The molecule has 0 aromatic rings. The molecule has 0 radical (unpaired) electrons. The van der Waals surface area contributed by atoms with Gasteiger partial charge in [-0.1, -0.05) is 19.3 Å². The Labute approximate surface area is 122 Å². The van der Waals surface area contributed by atoms with E-state index in [0.717, 1.165) is 57.8 Å². The summed E-state index contributed by atoms with van der Waals surface area (Å²) in [7, 11) is -3.19. The summed E-state index contributed by atoms with van der Waals surface area (Å²) in [5.41, 5.74) is 0. The predicted molar refractivity (Wildman–Crippen MR) is 77.9 cm³/mol. The zero-order valence-electron chi connectivity index (χ0n) is 12.1. The molecule has 1 saturated heterocycles. The number of sulfonamides is 1. The zero-order valence-corrected chi connectivity index (χ0v) is 12.9. The number of carbonyl (C=O) groups is 1. The van der Waals surface area contributed by atoms with Crippen molar-refractivity contribution in [3.8, 4) is 0 Å². The van der Waals surface area contributed by atoms with Crippen LogP contribution in [0.3, 0.4) is 0 Å². The van der Waals surface area contributed by atoms with E-state index < -0.39 is 10.0 Å². The number of rotatable bonds is 3. The monoisotopic (exact) mass is 299 g/mol. The molecule has 1 aliphatic heterocycles. The Morgan fingerprint density at radius 3 is 2.25 bits per heavy atom. The molecule has 0 amide bonds. The van der Waals surface area contributed by atoms with Gasteiger partial charge in [0.15, 0.2) is 0 Å². The van der Waals surface area contributed by atoms with Crippen LogP contribution in [0.1, 0.15) is 64.2 Å². The number of nitrogens with zero attached hydrogens (tertiary/aromatic N) is 1. The van der Waals surface area contributed by atoms with Crippen molar-refractivity contribution >= 4 is 15.8 Å². The van der Waals surface area contributed by atoms with Crippen LogP contribution in [0.15, 0.2) is 0 Å². The maximum Gasteiger partial charge on any atom is 0.217 e. The summed E-state index contributed by atoms with van der Waals surface area (Å²) in [5.74, 6) is 0.273. The Hall–Kier alpha value is -0.420. The van der Waals surface area contributed by atoms with Crippen LogP contribution in [0.2, 0.25) is 0 Å². The molecule has 0 aromatic heterocycles. The summed E-state index contributed by atoms with van der Waals surface area (Å²) in [4.78, 5) is 12.0. The first-order valence-corrected chi connectivity index (χ1v) is 9.64. The molecular formula is C15H25NO3S. The number of piperidine rings is 1. The summed E-state index contributed by atoms with van der Waals surface area (Å²) in [6.07, 6.45) is 9.05. The normalized spacial score (nSPS) is 33.9. The van der Waals surface area contributed by atoms with Crippen molar-refractivity contribution in [2.45, 2.75) is 75.5 Å². The molecule has 2 atom stereocenters. The van der Waals surface area contributed by atoms with Crippen molar-refractivity contribution in [2.75, 3.05) is 6.54 Å². The van der Waals surface area contributed by atoms with Crippen molar-refractivity contribution in [2.24, 2.45) is 5.92 Å². The molecule has 0 bridgehead atoms. The van der Waals surface area contributed by atoms with E-state index >= 15 is 0 Å². The van der Waals surface area contributed by atoms with Crippen LogP contribution in [0, 0.1) is 5.92 Å². The SMILES string of the molecule is O=C1CCCC1C1CCCCN1S(=O)(=O)C1CCCC1. The highest BCUT2D eigenvalue weighted by Crippen LogP contribution is 2.37. The fourth-order valence-electron chi connectivity index (χ4n) is 4.28. The third-order valence-corrected chi connectivity index (χ3v) is 7.79. The predicted octanol–water partition coefficient (Wildman–Crippen LogP) is 2.48. The summed E-state index contributed by atoms with van der Waals surface area (Å²) >= 11 is 0. The molecule has 3 rings (SSSR count). The molecular weight excluding hydrogens is 274 g/mol. The minimum atomic E-state index is -3.19. The van der Waals surface area contributed by atoms with E-state index in [1.165, 1.54) is 0 Å². The lowest BCUT2D eigenvalue weighted by Crippen LogP contribution is -2.51. The first-order chi connectivity index (χ1) is 9.60. The van der Waals surface area contributed by atoms with Gasteiger partial charge < -0.3 is 0 Å². The average molecular weight is 299 g/mol. The molecule has 2 aliphatic carbocycles. The Balaban J connectivity index is 1.83. The lowest BCUT2D eigenvalue weighted by atomic mass is 9.90. The van der Waals surface area contributed by atoms with Crippen molar-refractivity contribution < 1.29 is 13.2 Å².